The summed E-state index contributed by atoms with van der Waals surface area (Å²) in [5.41, 5.74) is 0.348. The first-order valence-electron chi connectivity index (χ1n) is 10.4. The van der Waals surface area contributed by atoms with Gasteiger partial charge in [0.25, 0.3) is 5.91 Å². The molecule has 2 aliphatic heterocycles. The molecular weight excluding hydrogens is 352 g/mol. The van der Waals surface area contributed by atoms with Gasteiger partial charge in [-0.1, -0.05) is 27.7 Å². The van der Waals surface area contributed by atoms with Gasteiger partial charge in [0, 0.05) is 24.6 Å². The number of piperidine rings is 2. The summed E-state index contributed by atoms with van der Waals surface area (Å²) in [6, 6.07) is 6.99. The fourth-order valence-corrected chi connectivity index (χ4v) is 5.21. The van der Waals surface area contributed by atoms with Crippen molar-refractivity contribution in [3.05, 3.63) is 29.8 Å². The number of carbonyl (C=O) groups excluding carboxylic acids is 3. The van der Waals surface area contributed by atoms with Gasteiger partial charge in [-0.15, -0.1) is 0 Å². The lowest BCUT2D eigenvalue weighted by Crippen LogP contribution is -2.59. The Morgan fingerprint density at radius 2 is 1.61 bits per heavy atom. The molecule has 1 aliphatic carbocycles. The third-order valence-electron chi connectivity index (χ3n) is 7.86. The van der Waals surface area contributed by atoms with Crippen LogP contribution in [0.5, 0.6) is 0 Å². The van der Waals surface area contributed by atoms with Gasteiger partial charge in [0.2, 0.25) is 11.8 Å². The molecule has 2 saturated heterocycles. The van der Waals surface area contributed by atoms with Gasteiger partial charge < -0.3 is 4.90 Å². The predicted octanol–water partition coefficient (Wildman–Crippen LogP) is 3.87. The van der Waals surface area contributed by atoms with Crippen molar-refractivity contribution in [3.8, 4) is 0 Å². The molecule has 2 heterocycles. The average molecular weight is 383 g/mol. The molecule has 1 aromatic carbocycles. The Balaban J connectivity index is 1.57. The van der Waals surface area contributed by atoms with E-state index in [0.29, 0.717) is 17.2 Å². The van der Waals surface area contributed by atoms with Crippen molar-refractivity contribution in [2.45, 2.75) is 53.4 Å². The van der Waals surface area contributed by atoms with E-state index in [0.717, 1.165) is 38.8 Å². The second-order valence-corrected chi connectivity index (χ2v) is 9.65. The van der Waals surface area contributed by atoms with Crippen LogP contribution in [-0.2, 0) is 9.59 Å². The van der Waals surface area contributed by atoms with Gasteiger partial charge in [-0.05, 0) is 61.3 Å². The van der Waals surface area contributed by atoms with Crippen molar-refractivity contribution >= 4 is 23.4 Å². The number of hydrogen-bond donors (Lipinski definition) is 0. The second-order valence-electron chi connectivity index (χ2n) is 9.65. The number of anilines is 1. The summed E-state index contributed by atoms with van der Waals surface area (Å²) in [4.78, 5) is 42.3. The van der Waals surface area contributed by atoms with E-state index in [4.69, 9.17) is 0 Å². The third kappa shape index (κ3) is 2.62. The molecule has 28 heavy (non-hydrogen) atoms. The molecule has 4 rings (SSSR count). The van der Waals surface area contributed by atoms with Crippen molar-refractivity contribution in [3.63, 3.8) is 0 Å². The molecule has 0 aromatic heterocycles. The molecule has 0 radical (unpaired) electrons. The van der Waals surface area contributed by atoms with Crippen LogP contribution in [0.2, 0.25) is 0 Å². The summed E-state index contributed by atoms with van der Waals surface area (Å²) >= 11 is 0. The molecule has 2 bridgehead atoms. The van der Waals surface area contributed by atoms with Gasteiger partial charge in [0.05, 0.1) is 11.1 Å². The molecule has 0 N–H and O–H groups in total. The lowest BCUT2D eigenvalue weighted by molar-refractivity contribution is -0.146. The summed E-state index contributed by atoms with van der Waals surface area (Å²) < 4.78 is 0. The zero-order chi connectivity index (χ0) is 20.3. The molecular formula is C23H30N2O3. The summed E-state index contributed by atoms with van der Waals surface area (Å²) in [5.74, 6) is 0.354. The van der Waals surface area contributed by atoms with E-state index in [1.54, 1.807) is 24.3 Å². The van der Waals surface area contributed by atoms with Crippen molar-refractivity contribution < 1.29 is 14.4 Å². The maximum absolute atomic E-state index is 13.3. The predicted molar refractivity (Wildman–Crippen MR) is 108 cm³/mol. The molecule has 0 unspecified atom stereocenters. The number of nitrogens with zero attached hydrogens (tertiary/aromatic N) is 2. The quantitative estimate of drug-likeness (QED) is 0.730. The van der Waals surface area contributed by atoms with Crippen molar-refractivity contribution in [1.82, 2.24) is 4.90 Å². The number of fused-ring (bicyclic) bond motifs is 2. The van der Waals surface area contributed by atoms with E-state index in [9.17, 15) is 14.4 Å². The fraction of sp³-hybridized carbons (Fsp3) is 0.609. The van der Waals surface area contributed by atoms with Crippen LogP contribution in [0, 0.1) is 22.7 Å². The second kappa shape index (κ2) is 6.43. The Kier molecular flexibility index (Phi) is 4.40. The van der Waals surface area contributed by atoms with Crippen LogP contribution in [-0.4, -0.2) is 35.7 Å². The van der Waals surface area contributed by atoms with Gasteiger partial charge in [-0.3, -0.25) is 14.4 Å². The van der Waals surface area contributed by atoms with Crippen LogP contribution in [0.1, 0.15) is 63.7 Å². The lowest BCUT2D eigenvalue weighted by atomic mass is 9.62. The Hall–Kier alpha value is -2.17. The lowest BCUT2D eigenvalue weighted by Gasteiger charge is -2.47. The summed E-state index contributed by atoms with van der Waals surface area (Å²) in [5, 5.41) is 0. The van der Waals surface area contributed by atoms with Crippen LogP contribution in [0.3, 0.4) is 0 Å². The van der Waals surface area contributed by atoms with Gasteiger partial charge in [-0.25, -0.2) is 4.90 Å². The largest absolute Gasteiger partial charge is 0.339 e. The molecule has 5 heteroatoms. The number of amides is 3. The summed E-state index contributed by atoms with van der Waals surface area (Å²) in [6.07, 6.45) is 3.58. The molecule has 3 fully saturated rings. The number of carbonyl (C=O) groups is 3. The first-order valence-corrected chi connectivity index (χ1v) is 10.4. The van der Waals surface area contributed by atoms with Crippen molar-refractivity contribution in [2.24, 2.45) is 22.7 Å². The molecule has 1 saturated carbocycles. The van der Waals surface area contributed by atoms with Gasteiger partial charge in [0.1, 0.15) is 0 Å². The third-order valence-corrected chi connectivity index (χ3v) is 7.86. The topological polar surface area (TPSA) is 57.7 Å². The standard InChI is InChI=1S/C23H30N2O3/c1-15-10-13-24(14-11-15)19(26)16-5-7-17(8-6-16)25-20(27)18-9-12-23(4,21(25)28)22(18,2)3/h5-8,15,18H,9-14H2,1-4H3/t18-,23+/m1/s1. The van der Waals surface area contributed by atoms with E-state index < -0.39 is 5.41 Å². The maximum atomic E-state index is 13.3. The highest BCUT2D eigenvalue weighted by molar-refractivity contribution is 6.20. The van der Waals surface area contributed by atoms with Crippen LogP contribution in [0.4, 0.5) is 5.69 Å². The number of rotatable bonds is 2. The highest BCUT2D eigenvalue weighted by atomic mass is 16.2. The van der Waals surface area contributed by atoms with Crippen molar-refractivity contribution in [2.75, 3.05) is 18.0 Å². The number of benzene rings is 1. The van der Waals surface area contributed by atoms with E-state index in [1.807, 2.05) is 25.7 Å². The fourth-order valence-electron chi connectivity index (χ4n) is 5.21. The van der Waals surface area contributed by atoms with Crippen LogP contribution >= 0.6 is 0 Å². The van der Waals surface area contributed by atoms with E-state index in [-0.39, 0.29) is 29.1 Å². The minimum Gasteiger partial charge on any atom is -0.339 e. The molecule has 5 nitrogen and oxygen atoms in total. The van der Waals surface area contributed by atoms with Gasteiger partial charge >= 0.3 is 0 Å². The molecule has 3 amide bonds. The minimum atomic E-state index is -0.523. The zero-order valence-electron chi connectivity index (χ0n) is 17.3. The highest BCUT2D eigenvalue weighted by Gasteiger charge is 2.64. The van der Waals surface area contributed by atoms with E-state index in [2.05, 4.69) is 6.92 Å². The Morgan fingerprint density at radius 3 is 2.21 bits per heavy atom. The zero-order valence-corrected chi connectivity index (χ0v) is 17.3. The first kappa shape index (κ1) is 19.2. The smallest absolute Gasteiger partial charge is 0.253 e. The number of likely N-dealkylation sites (tertiary alicyclic amines) is 1. The normalized spacial score (nSPS) is 30.1. The van der Waals surface area contributed by atoms with Crippen molar-refractivity contribution in [1.29, 1.82) is 0 Å². The first-order chi connectivity index (χ1) is 13.2. The Bertz CT molecular complexity index is 821. The van der Waals surface area contributed by atoms with Crippen LogP contribution < -0.4 is 4.90 Å². The summed E-state index contributed by atoms with van der Waals surface area (Å²) in [6.45, 7) is 9.88. The Morgan fingerprint density at radius 1 is 1.00 bits per heavy atom. The number of imide groups is 1. The van der Waals surface area contributed by atoms with E-state index >= 15 is 0 Å². The van der Waals surface area contributed by atoms with Gasteiger partial charge in [-0.2, -0.15) is 0 Å². The molecule has 1 aromatic rings. The highest BCUT2D eigenvalue weighted by Crippen LogP contribution is 2.60. The SMILES string of the molecule is CC1CCN(C(=O)c2ccc(N3C(=O)[C@H]4CC[C@@](C)(C3=O)C4(C)C)cc2)CC1. The summed E-state index contributed by atoms with van der Waals surface area (Å²) in [7, 11) is 0. The monoisotopic (exact) mass is 382 g/mol. The van der Waals surface area contributed by atoms with Crippen LogP contribution in [0.15, 0.2) is 24.3 Å². The van der Waals surface area contributed by atoms with Gasteiger partial charge in [0.15, 0.2) is 0 Å². The number of hydrogen-bond acceptors (Lipinski definition) is 3. The molecule has 0 spiro atoms. The average Bonchev–Trinajstić information content (AvgIpc) is 2.86. The molecule has 150 valence electrons. The Labute approximate surface area is 167 Å². The van der Waals surface area contributed by atoms with E-state index in [1.165, 1.54) is 4.90 Å². The molecule has 3 aliphatic rings. The van der Waals surface area contributed by atoms with Crippen LogP contribution in [0.25, 0.3) is 0 Å². The molecule has 2 atom stereocenters. The minimum absolute atomic E-state index is 0.0305. The maximum Gasteiger partial charge on any atom is 0.253 e.